The Labute approximate surface area is 164 Å². The van der Waals surface area contributed by atoms with Crippen molar-refractivity contribution in [3.8, 4) is 11.4 Å². The van der Waals surface area contributed by atoms with Crippen LogP contribution in [0.25, 0.3) is 5.69 Å². The van der Waals surface area contributed by atoms with Gasteiger partial charge in [0.1, 0.15) is 18.2 Å². The minimum absolute atomic E-state index is 0.528. The normalized spacial score (nSPS) is 13.9. The summed E-state index contributed by atoms with van der Waals surface area (Å²) in [6.45, 7) is 2.08. The van der Waals surface area contributed by atoms with Crippen molar-refractivity contribution in [2.45, 2.75) is 25.4 Å². The van der Waals surface area contributed by atoms with Crippen molar-refractivity contribution in [2.24, 2.45) is 0 Å². The van der Waals surface area contributed by atoms with Crippen LogP contribution in [0.4, 0.5) is 0 Å². The summed E-state index contributed by atoms with van der Waals surface area (Å²) in [5.41, 5.74) is 1.09. The highest BCUT2D eigenvalue weighted by molar-refractivity contribution is 7.71. The fourth-order valence-corrected chi connectivity index (χ4v) is 3.38. The molecule has 0 aliphatic heterocycles. The van der Waals surface area contributed by atoms with Crippen LogP contribution in [-0.2, 0) is 6.67 Å². The predicted octanol–water partition coefficient (Wildman–Crippen LogP) is 4.25. The van der Waals surface area contributed by atoms with Crippen LogP contribution in [0.2, 0.25) is 0 Å². The molecule has 2 aromatic carbocycles. The maximum absolute atomic E-state index is 5.79. The molecule has 0 saturated heterocycles. The Bertz CT molecular complexity index is 932. The van der Waals surface area contributed by atoms with Crippen LogP contribution in [0.5, 0.6) is 5.75 Å². The van der Waals surface area contributed by atoms with E-state index in [1.165, 1.54) is 12.8 Å². The van der Waals surface area contributed by atoms with Gasteiger partial charge in [0, 0.05) is 18.2 Å². The van der Waals surface area contributed by atoms with Gasteiger partial charge in [0.25, 0.3) is 0 Å². The molecule has 3 aromatic rings. The Morgan fingerprint density at radius 3 is 2.41 bits per heavy atom. The van der Waals surface area contributed by atoms with Gasteiger partial charge in [-0.1, -0.05) is 36.4 Å². The van der Waals surface area contributed by atoms with E-state index in [1.54, 1.807) is 0 Å². The number of aromatic nitrogens is 3. The third-order valence-electron chi connectivity index (χ3n) is 4.68. The van der Waals surface area contributed by atoms with Gasteiger partial charge in [-0.3, -0.25) is 9.47 Å². The summed E-state index contributed by atoms with van der Waals surface area (Å²) < 4.78 is 10.6. The first-order valence-corrected chi connectivity index (χ1v) is 9.75. The van der Waals surface area contributed by atoms with Gasteiger partial charge in [-0.2, -0.15) is 5.10 Å². The van der Waals surface area contributed by atoms with Gasteiger partial charge in [0.15, 0.2) is 0 Å². The van der Waals surface area contributed by atoms with Gasteiger partial charge in [-0.15, -0.1) is 0 Å². The van der Waals surface area contributed by atoms with Crippen molar-refractivity contribution in [3.63, 3.8) is 0 Å². The lowest BCUT2D eigenvalue weighted by Crippen LogP contribution is -2.27. The van der Waals surface area contributed by atoms with E-state index < -0.39 is 0 Å². The molecule has 0 N–H and O–H groups in total. The second-order valence-corrected chi connectivity index (χ2v) is 7.33. The molecule has 1 heterocycles. The van der Waals surface area contributed by atoms with Crippen LogP contribution >= 0.6 is 12.2 Å². The fraction of sp³-hybridized carbons (Fsp3) is 0.333. The second-order valence-electron chi connectivity index (χ2n) is 6.97. The summed E-state index contributed by atoms with van der Waals surface area (Å²) in [6.07, 6.45) is 2.39. The minimum atomic E-state index is 0.528. The summed E-state index contributed by atoms with van der Waals surface area (Å²) >= 11 is 5.75. The molecule has 0 amide bonds. The Morgan fingerprint density at radius 2 is 1.74 bits per heavy atom. The zero-order valence-electron chi connectivity index (χ0n) is 15.5. The fourth-order valence-electron chi connectivity index (χ4n) is 3.08. The molecule has 1 saturated carbocycles. The zero-order valence-corrected chi connectivity index (χ0v) is 16.3. The van der Waals surface area contributed by atoms with Crippen molar-refractivity contribution in [3.05, 3.63) is 71.3 Å². The Morgan fingerprint density at radius 1 is 1.07 bits per heavy atom. The standard InChI is InChI=1S/C21H24N4OS/c1-23(14-15-26-19-10-6-3-7-11-19)16-24-21(27)25(18-8-4-2-5-9-18)20(22-24)17-12-13-17/h2-11,17H,12-16H2,1H3. The molecule has 1 aliphatic carbocycles. The molecule has 0 radical (unpaired) electrons. The zero-order chi connectivity index (χ0) is 18.6. The number of nitrogens with zero attached hydrogens (tertiary/aromatic N) is 4. The Hall–Kier alpha value is -2.44. The number of para-hydroxylation sites is 2. The lowest BCUT2D eigenvalue weighted by molar-refractivity contribution is 0.197. The maximum atomic E-state index is 5.79. The van der Waals surface area contributed by atoms with E-state index in [-0.39, 0.29) is 0 Å². The highest BCUT2D eigenvalue weighted by atomic mass is 32.1. The van der Waals surface area contributed by atoms with E-state index in [9.17, 15) is 0 Å². The monoisotopic (exact) mass is 380 g/mol. The van der Waals surface area contributed by atoms with E-state index in [1.807, 2.05) is 53.2 Å². The summed E-state index contributed by atoms with van der Waals surface area (Å²) in [7, 11) is 2.06. The van der Waals surface area contributed by atoms with Crippen molar-refractivity contribution in [2.75, 3.05) is 20.2 Å². The molecule has 0 spiro atoms. The number of ether oxygens (including phenoxy) is 1. The molecular formula is C21H24N4OS. The van der Waals surface area contributed by atoms with E-state index in [0.717, 1.165) is 28.6 Å². The van der Waals surface area contributed by atoms with Crippen LogP contribution in [0.15, 0.2) is 60.7 Å². The molecule has 5 nitrogen and oxygen atoms in total. The lowest BCUT2D eigenvalue weighted by Gasteiger charge is -2.16. The minimum Gasteiger partial charge on any atom is -0.492 e. The number of rotatable bonds is 8. The SMILES string of the molecule is CN(CCOc1ccccc1)Cn1nc(C2CC2)n(-c2ccccc2)c1=S. The smallest absolute Gasteiger partial charge is 0.203 e. The second kappa shape index (κ2) is 8.06. The topological polar surface area (TPSA) is 35.2 Å². The molecule has 0 atom stereocenters. The van der Waals surface area contributed by atoms with Gasteiger partial charge in [0.05, 0.1) is 6.67 Å². The van der Waals surface area contributed by atoms with Gasteiger partial charge < -0.3 is 4.74 Å². The van der Waals surface area contributed by atoms with Gasteiger partial charge in [0.2, 0.25) is 4.77 Å². The highest BCUT2D eigenvalue weighted by Crippen LogP contribution is 2.40. The van der Waals surface area contributed by atoms with E-state index in [2.05, 4.69) is 28.6 Å². The van der Waals surface area contributed by atoms with Crippen LogP contribution in [0, 0.1) is 4.77 Å². The predicted molar refractivity (Wildman–Crippen MR) is 109 cm³/mol. The Balaban J connectivity index is 1.45. The average molecular weight is 381 g/mol. The van der Waals surface area contributed by atoms with Crippen LogP contribution in [0.1, 0.15) is 24.6 Å². The third-order valence-corrected chi connectivity index (χ3v) is 5.07. The summed E-state index contributed by atoms with van der Waals surface area (Å²) in [6, 6.07) is 20.2. The van der Waals surface area contributed by atoms with E-state index in [4.69, 9.17) is 22.1 Å². The molecule has 27 heavy (non-hydrogen) atoms. The largest absolute Gasteiger partial charge is 0.492 e. The molecule has 1 fully saturated rings. The number of hydrogen-bond donors (Lipinski definition) is 0. The maximum Gasteiger partial charge on any atom is 0.203 e. The van der Waals surface area contributed by atoms with Gasteiger partial charge >= 0.3 is 0 Å². The molecule has 0 unspecified atom stereocenters. The first-order valence-electron chi connectivity index (χ1n) is 9.34. The quantitative estimate of drug-likeness (QED) is 0.547. The number of hydrogen-bond acceptors (Lipinski definition) is 4. The summed E-state index contributed by atoms with van der Waals surface area (Å²) in [5, 5.41) is 4.85. The molecule has 140 valence electrons. The highest BCUT2D eigenvalue weighted by Gasteiger charge is 2.30. The van der Waals surface area contributed by atoms with E-state index in [0.29, 0.717) is 19.2 Å². The molecule has 1 aliphatic rings. The Kier molecular flexibility index (Phi) is 5.36. The van der Waals surface area contributed by atoms with Crippen molar-refractivity contribution in [1.82, 2.24) is 19.2 Å². The molecule has 4 rings (SSSR count). The van der Waals surface area contributed by atoms with Gasteiger partial charge in [-0.25, -0.2) is 4.68 Å². The number of likely N-dealkylation sites (N-methyl/N-ethyl adjacent to an activating group) is 1. The third kappa shape index (κ3) is 4.28. The first kappa shape index (κ1) is 17.9. The van der Waals surface area contributed by atoms with Crippen molar-refractivity contribution < 1.29 is 4.74 Å². The summed E-state index contributed by atoms with van der Waals surface area (Å²) in [4.78, 5) is 2.18. The van der Waals surface area contributed by atoms with Crippen LogP contribution < -0.4 is 4.74 Å². The first-order chi connectivity index (χ1) is 13.2. The molecule has 0 bridgehead atoms. The lowest BCUT2D eigenvalue weighted by atomic mass is 10.3. The van der Waals surface area contributed by atoms with Crippen molar-refractivity contribution >= 4 is 12.2 Å². The van der Waals surface area contributed by atoms with Gasteiger partial charge in [-0.05, 0) is 56.4 Å². The van der Waals surface area contributed by atoms with Crippen LogP contribution in [0.3, 0.4) is 0 Å². The molecule has 6 heteroatoms. The van der Waals surface area contributed by atoms with E-state index >= 15 is 0 Å². The van der Waals surface area contributed by atoms with Crippen molar-refractivity contribution in [1.29, 1.82) is 0 Å². The number of benzene rings is 2. The molecular weight excluding hydrogens is 356 g/mol. The molecule has 1 aromatic heterocycles. The van der Waals surface area contributed by atoms with Crippen LogP contribution in [-0.4, -0.2) is 39.4 Å². The summed E-state index contributed by atoms with van der Waals surface area (Å²) in [5.74, 6) is 2.51. The average Bonchev–Trinajstić information content (AvgIpc) is 3.49.